The van der Waals surface area contributed by atoms with E-state index in [9.17, 15) is 22.8 Å². The third-order valence-electron chi connectivity index (χ3n) is 3.46. The Morgan fingerprint density at radius 1 is 1.11 bits per heavy atom. The molecule has 5 nitrogen and oxygen atoms in total. The zero-order chi connectivity index (χ0) is 19.9. The fourth-order valence-corrected chi connectivity index (χ4v) is 2.20. The fourth-order valence-electron chi connectivity index (χ4n) is 2.20. The van der Waals surface area contributed by atoms with E-state index in [1.54, 1.807) is 47.8 Å². The van der Waals surface area contributed by atoms with Gasteiger partial charge in [-0.2, -0.15) is 13.2 Å². The number of carbonyl (C=O) groups is 2. The van der Waals surface area contributed by atoms with Crippen LogP contribution in [0.1, 0.15) is 11.1 Å². The van der Waals surface area contributed by atoms with E-state index in [-0.39, 0.29) is 6.54 Å². The number of halogens is 3. The van der Waals surface area contributed by atoms with Crippen LogP contribution in [0.3, 0.4) is 0 Å². The molecule has 27 heavy (non-hydrogen) atoms. The van der Waals surface area contributed by atoms with Gasteiger partial charge in [0, 0.05) is 23.9 Å². The van der Waals surface area contributed by atoms with Gasteiger partial charge in [0.2, 0.25) is 5.91 Å². The number of amides is 2. The predicted octanol–water partition coefficient (Wildman–Crippen LogP) is 3.53. The van der Waals surface area contributed by atoms with E-state index in [0.717, 1.165) is 5.56 Å². The number of ether oxygens (including phenoxy) is 1. The van der Waals surface area contributed by atoms with Gasteiger partial charge in [-0.05, 0) is 29.8 Å². The van der Waals surface area contributed by atoms with Crippen molar-refractivity contribution < 1.29 is 27.5 Å². The Morgan fingerprint density at radius 2 is 1.85 bits per heavy atom. The molecule has 0 unspecified atom stereocenters. The molecule has 0 atom stereocenters. The van der Waals surface area contributed by atoms with Gasteiger partial charge in [0.25, 0.3) is 0 Å². The van der Waals surface area contributed by atoms with Gasteiger partial charge in [-0.1, -0.05) is 30.3 Å². The van der Waals surface area contributed by atoms with Crippen LogP contribution < -0.4 is 15.4 Å². The Kier molecular flexibility index (Phi) is 6.59. The van der Waals surface area contributed by atoms with Gasteiger partial charge in [-0.25, -0.2) is 0 Å². The first-order valence-electron chi connectivity index (χ1n) is 7.85. The first-order chi connectivity index (χ1) is 12.8. The quantitative estimate of drug-likeness (QED) is 0.756. The van der Waals surface area contributed by atoms with Gasteiger partial charge in [0.05, 0.1) is 7.11 Å². The maximum Gasteiger partial charge on any atom is 0.471 e. The van der Waals surface area contributed by atoms with Crippen LogP contribution in [-0.2, 0) is 16.1 Å². The van der Waals surface area contributed by atoms with Gasteiger partial charge < -0.3 is 15.4 Å². The molecular formula is C19H17F3N2O3. The zero-order valence-electron chi connectivity index (χ0n) is 14.3. The average molecular weight is 378 g/mol. The Hall–Kier alpha value is -3.29. The standard InChI is InChI=1S/C19H17F3N2O3/c1-27-16-8-3-2-6-14(16)9-10-17(25)24-15-7-4-5-13(11-15)12-23-18(26)19(20,21)22/h2-11H,12H2,1H3,(H,23,26)(H,24,25)/b10-9+. The van der Waals surface area contributed by atoms with Crippen LogP contribution in [-0.4, -0.2) is 25.1 Å². The highest BCUT2D eigenvalue weighted by Crippen LogP contribution is 2.19. The lowest BCUT2D eigenvalue weighted by Crippen LogP contribution is -2.36. The summed E-state index contributed by atoms with van der Waals surface area (Å²) in [6.07, 6.45) is -2.04. The van der Waals surface area contributed by atoms with E-state index in [2.05, 4.69) is 5.32 Å². The van der Waals surface area contributed by atoms with Crippen molar-refractivity contribution >= 4 is 23.6 Å². The molecule has 0 spiro atoms. The monoisotopic (exact) mass is 378 g/mol. The third kappa shape index (κ3) is 6.18. The molecule has 2 amide bonds. The first-order valence-corrected chi connectivity index (χ1v) is 7.85. The molecule has 2 rings (SSSR count). The normalized spacial score (nSPS) is 11.3. The molecule has 142 valence electrons. The van der Waals surface area contributed by atoms with Crippen LogP contribution in [0.5, 0.6) is 5.75 Å². The van der Waals surface area contributed by atoms with Crippen molar-refractivity contribution in [1.29, 1.82) is 0 Å². The van der Waals surface area contributed by atoms with Crippen LogP contribution in [0.15, 0.2) is 54.6 Å². The highest BCUT2D eigenvalue weighted by Gasteiger charge is 2.38. The van der Waals surface area contributed by atoms with Crippen molar-refractivity contribution in [3.05, 3.63) is 65.7 Å². The SMILES string of the molecule is COc1ccccc1/C=C/C(=O)Nc1cccc(CNC(=O)C(F)(F)F)c1. The van der Waals surface area contributed by atoms with Gasteiger partial charge in [0.1, 0.15) is 5.75 Å². The molecule has 0 saturated carbocycles. The van der Waals surface area contributed by atoms with Gasteiger partial charge in [-0.3, -0.25) is 9.59 Å². The molecule has 0 fully saturated rings. The minimum absolute atomic E-state index is 0.306. The molecule has 0 aliphatic rings. The highest BCUT2D eigenvalue weighted by atomic mass is 19.4. The number of hydrogen-bond acceptors (Lipinski definition) is 3. The molecule has 0 aliphatic heterocycles. The van der Waals surface area contributed by atoms with Crippen molar-refractivity contribution in [3.63, 3.8) is 0 Å². The van der Waals surface area contributed by atoms with Crippen molar-refractivity contribution in [2.24, 2.45) is 0 Å². The number of carbonyl (C=O) groups excluding carboxylic acids is 2. The number of hydrogen-bond donors (Lipinski definition) is 2. The van der Waals surface area contributed by atoms with E-state index in [1.807, 2.05) is 0 Å². The predicted molar refractivity (Wildman–Crippen MR) is 95.0 cm³/mol. The summed E-state index contributed by atoms with van der Waals surface area (Å²) in [5.74, 6) is -1.82. The largest absolute Gasteiger partial charge is 0.496 e. The Morgan fingerprint density at radius 3 is 2.56 bits per heavy atom. The molecule has 0 aliphatic carbocycles. The first kappa shape index (κ1) is 20.0. The van der Waals surface area contributed by atoms with Crippen molar-refractivity contribution in [2.45, 2.75) is 12.7 Å². The summed E-state index contributed by atoms with van der Waals surface area (Å²) in [6.45, 7) is -0.306. The molecular weight excluding hydrogens is 361 g/mol. The zero-order valence-corrected chi connectivity index (χ0v) is 14.3. The summed E-state index contributed by atoms with van der Waals surface area (Å²) in [6, 6.07) is 13.3. The number of alkyl halides is 3. The van der Waals surface area contributed by atoms with Gasteiger partial charge in [-0.15, -0.1) is 0 Å². The van der Waals surface area contributed by atoms with Crippen LogP contribution >= 0.6 is 0 Å². The molecule has 2 aromatic rings. The topological polar surface area (TPSA) is 67.4 Å². The molecule has 0 saturated heterocycles. The summed E-state index contributed by atoms with van der Waals surface area (Å²) >= 11 is 0. The minimum atomic E-state index is -4.94. The second kappa shape index (κ2) is 8.88. The van der Waals surface area contributed by atoms with E-state index in [0.29, 0.717) is 17.0 Å². The lowest BCUT2D eigenvalue weighted by molar-refractivity contribution is -0.173. The number of methoxy groups -OCH3 is 1. The summed E-state index contributed by atoms with van der Waals surface area (Å²) in [5.41, 5.74) is 1.53. The van der Waals surface area contributed by atoms with Crippen LogP contribution in [0.4, 0.5) is 18.9 Å². The number of rotatable bonds is 6. The van der Waals surface area contributed by atoms with Gasteiger partial charge in [0.15, 0.2) is 0 Å². The minimum Gasteiger partial charge on any atom is -0.496 e. The van der Waals surface area contributed by atoms with Crippen molar-refractivity contribution in [1.82, 2.24) is 5.32 Å². The summed E-state index contributed by atoms with van der Waals surface area (Å²) in [4.78, 5) is 22.9. The number of para-hydroxylation sites is 1. The number of benzene rings is 2. The Bertz CT molecular complexity index is 848. The van der Waals surface area contributed by atoms with Crippen LogP contribution in [0, 0.1) is 0 Å². The summed E-state index contributed by atoms with van der Waals surface area (Å²) < 4.78 is 41.8. The van der Waals surface area contributed by atoms with Crippen LogP contribution in [0.25, 0.3) is 6.08 Å². The van der Waals surface area contributed by atoms with E-state index >= 15 is 0 Å². The smallest absolute Gasteiger partial charge is 0.471 e. The Labute approximate surface area is 153 Å². The van der Waals surface area contributed by atoms with Crippen molar-refractivity contribution in [3.8, 4) is 5.75 Å². The average Bonchev–Trinajstić information content (AvgIpc) is 2.64. The number of nitrogens with one attached hydrogen (secondary N) is 2. The van der Waals surface area contributed by atoms with Crippen molar-refractivity contribution in [2.75, 3.05) is 12.4 Å². The molecule has 2 N–H and O–H groups in total. The number of anilines is 1. The molecule has 0 aromatic heterocycles. The lowest BCUT2D eigenvalue weighted by atomic mass is 10.2. The fraction of sp³-hybridized carbons (Fsp3) is 0.158. The molecule has 0 heterocycles. The van der Waals surface area contributed by atoms with E-state index in [4.69, 9.17) is 4.74 Å². The summed E-state index contributed by atoms with van der Waals surface area (Å²) in [7, 11) is 1.52. The molecule has 0 bridgehead atoms. The van der Waals surface area contributed by atoms with E-state index < -0.39 is 18.0 Å². The van der Waals surface area contributed by atoms with E-state index in [1.165, 1.54) is 25.3 Å². The molecule has 0 radical (unpaired) electrons. The lowest BCUT2D eigenvalue weighted by Gasteiger charge is -2.09. The van der Waals surface area contributed by atoms with Crippen LogP contribution in [0.2, 0.25) is 0 Å². The second-order valence-electron chi connectivity index (χ2n) is 5.45. The molecule has 2 aromatic carbocycles. The molecule has 8 heteroatoms. The summed E-state index contributed by atoms with van der Waals surface area (Å²) in [5, 5.41) is 4.38. The maximum absolute atomic E-state index is 12.2. The Balaban J connectivity index is 1.98. The third-order valence-corrected chi connectivity index (χ3v) is 3.46. The van der Waals surface area contributed by atoms with Gasteiger partial charge >= 0.3 is 12.1 Å². The maximum atomic E-state index is 12.2. The highest BCUT2D eigenvalue weighted by molar-refractivity contribution is 6.02. The second-order valence-corrected chi connectivity index (χ2v) is 5.45.